The Morgan fingerprint density at radius 1 is 1.58 bits per heavy atom. The van der Waals surface area contributed by atoms with Crippen LogP contribution in [-0.2, 0) is 4.79 Å². The van der Waals surface area contributed by atoms with Crippen LogP contribution in [-0.4, -0.2) is 23.2 Å². The highest BCUT2D eigenvalue weighted by Gasteiger charge is 2.24. The summed E-state index contributed by atoms with van der Waals surface area (Å²) in [5.74, 6) is -0.698. The summed E-state index contributed by atoms with van der Waals surface area (Å²) in [5, 5.41) is 11.9. The van der Waals surface area contributed by atoms with Crippen molar-refractivity contribution in [1.29, 1.82) is 0 Å². The Bertz CT molecular complexity index is 157. The van der Waals surface area contributed by atoms with Crippen molar-refractivity contribution in [3.63, 3.8) is 0 Å². The van der Waals surface area contributed by atoms with Crippen LogP contribution in [0.25, 0.3) is 0 Å². The first-order valence-electron chi connectivity index (χ1n) is 4.73. The molecule has 3 heteroatoms. The average molecular weight is 171 g/mol. The SMILES string of the molecule is CCCC1CCCC(C(=O)O)N1. The zero-order valence-electron chi connectivity index (χ0n) is 7.55. The first-order valence-corrected chi connectivity index (χ1v) is 4.73. The van der Waals surface area contributed by atoms with Gasteiger partial charge in [0, 0.05) is 6.04 Å². The first-order chi connectivity index (χ1) is 5.74. The number of rotatable bonds is 3. The predicted octanol–water partition coefficient (Wildman–Crippen LogP) is 1.38. The Morgan fingerprint density at radius 3 is 2.92 bits per heavy atom. The van der Waals surface area contributed by atoms with Crippen molar-refractivity contribution in [2.75, 3.05) is 0 Å². The van der Waals surface area contributed by atoms with Crippen molar-refractivity contribution in [3.05, 3.63) is 0 Å². The minimum absolute atomic E-state index is 0.296. The zero-order chi connectivity index (χ0) is 8.97. The molecule has 0 aromatic rings. The lowest BCUT2D eigenvalue weighted by molar-refractivity contribution is -0.140. The molecule has 0 saturated carbocycles. The fraction of sp³-hybridized carbons (Fsp3) is 0.889. The largest absolute Gasteiger partial charge is 0.480 e. The Hall–Kier alpha value is -0.570. The van der Waals surface area contributed by atoms with E-state index in [2.05, 4.69) is 12.2 Å². The van der Waals surface area contributed by atoms with Gasteiger partial charge in [-0.2, -0.15) is 0 Å². The summed E-state index contributed by atoms with van der Waals surface area (Å²) >= 11 is 0. The van der Waals surface area contributed by atoms with Crippen molar-refractivity contribution in [3.8, 4) is 0 Å². The molecule has 3 nitrogen and oxygen atoms in total. The molecule has 1 saturated heterocycles. The maximum absolute atomic E-state index is 10.6. The van der Waals surface area contributed by atoms with Gasteiger partial charge >= 0.3 is 5.97 Å². The van der Waals surface area contributed by atoms with E-state index >= 15 is 0 Å². The highest BCUT2D eigenvalue weighted by atomic mass is 16.4. The second-order valence-corrected chi connectivity index (χ2v) is 3.47. The van der Waals surface area contributed by atoms with Crippen molar-refractivity contribution in [1.82, 2.24) is 5.32 Å². The van der Waals surface area contributed by atoms with Crippen LogP contribution in [0.15, 0.2) is 0 Å². The van der Waals surface area contributed by atoms with Crippen molar-refractivity contribution in [2.24, 2.45) is 0 Å². The van der Waals surface area contributed by atoms with Gasteiger partial charge in [-0.1, -0.05) is 13.3 Å². The van der Waals surface area contributed by atoms with E-state index in [1.165, 1.54) is 0 Å². The summed E-state index contributed by atoms with van der Waals surface area (Å²) in [7, 11) is 0. The quantitative estimate of drug-likeness (QED) is 0.674. The lowest BCUT2D eigenvalue weighted by Gasteiger charge is -2.28. The maximum atomic E-state index is 10.6. The lowest BCUT2D eigenvalue weighted by atomic mass is 9.96. The summed E-state index contributed by atoms with van der Waals surface area (Å²) < 4.78 is 0. The Kier molecular flexibility index (Phi) is 3.53. The van der Waals surface area contributed by atoms with E-state index in [1.54, 1.807) is 0 Å². The molecule has 1 aliphatic rings. The third kappa shape index (κ3) is 2.48. The minimum Gasteiger partial charge on any atom is -0.480 e. The molecular weight excluding hydrogens is 154 g/mol. The van der Waals surface area contributed by atoms with Crippen LogP contribution in [0.4, 0.5) is 0 Å². The molecule has 0 aromatic heterocycles. The van der Waals surface area contributed by atoms with Gasteiger partial charge in [-0.3, -0.25) is 4.79 Å². The number of carbonyl (C=O) groups is 1. The number of carboxylic acids is 1. The zero-order valence-corrected chi connectivity index (χ0v) is 7.55. The summed E-state index contributed by atoms with van der Waals surface area (Å²) in [5.41, 5.74) is 0. The smallest absolute Gasteiger partial charge is 0.320 e. The van der Waals surface area contributed by atoms with E-state index in [-0.39, 0.29) is 6.04 Å². The molecule has 1 fully saturated rings. The third-order valence-electron chi connectivity index (χ3n) is 2.42. The van der Waals surface area contributed by atoms with E-state index in [1.807, 2.05) is 0 Å². The minimum atomic E-state index is -0.698. The van der Waals surface area contributed by atoms with Gasteiger partial charge in [0.15, 0.2) is 0 Å². The van der Waals surface area contributed by atoms with Gasteiger partial charge in [0.1, 0.15) is 6.04 Å². The number of nitrogens with one attached hydrogen (secondary N) is 1. The van der Waals surface area contributed by atoms with E-state index in [0.717, 1.165) is 32.1 Å². The van der Waals surface area contributed by atoms with Gasteiger partial charge in [-0.25, -0.2) is 0 Å². The molecule has 0 amide bonds. The molecule has 0 aromatic carbocycles. The summed E-state index contributed by atoms with van der Waals surface area (Å²) in [6, 6.07) is 0.139. The Balaban J connectivity index is 2.35. The number of hydrogen-bond donors (Lipinski definition) is 2. The van der Waals surface area contributed by atoms with Crippen molar-refractivity contribution < 1.29 is 9.90 Å². The highest BCUT2D eigenvalue weighted by Crippen LogP contribution is 2.15. The average Bonchev–Trinajstić information content (AvgIpc) is 2.05. The number of hydrogen-bond acceptors (Lipinski definition) is 2. The molecule has 1 rings (SSSR count). The first kappa shape index (κ1) is 9.52. The number of carboxylic acid groups (broad SMARTS) is 1. The van der Waals surface area contributed by atoms with Crippen LogP contribution in [0.1, 0.15) is 39.0 Å². The van der Waals surface area contributed by atoms with Crippen LogP contribution >= 0.6 is 0 Å². The van der Waals surface area contributed by atoms with Gasteiger partial charge in [0.2, 0.25) is 0 Å². The molecular formula is C9H17NO2. The van der Waals surface area contributed by atoms with Crippen molar-refractivity contribution in [2.45, 2.75) is 51.1 Å². The number of aliphatic carboxylic acids is 1. The second kappa shape index (κ2) is 4.45. The van der Waals surface area contributed by atoms with E-state index in [4.69, 9.17) is 5.11 Å². The summed E-state index contributed by atoms with van der Waals surface area (Å²) in [6.45, 7) is 2.13. The van der Waals surface area contributed by atoms with Crippen LogP contribution in [0.2, 0.25) is 0 Å². The second-order valence-electron chi connectivity index (χ2n) is 3.47. The normalized spacial score (nSPS) is 30.1. The third-order valence-corrected chi connectivity index (χ3v) is 2.42. The predicted molar refractivity (Wildman–Crippen MR) is 47.1 cm³/mol. The van der Waals surface area contributed by atoms with Crippen molar-refractivity contribution >= 4 is 5.97 Å². The van der Waals surface area contributed by atoms with Crippen LogP contribution < -0.4 is 5.32 Å². The molecule has 0 radical (unpaired) electrons. The lowest BCUT2D eigenvalue weighted by Crippen LogP contribution is -2.46. The van der Waals surface area contributed by atoms with Gasteiger partial charge in [0.25, 0.3) is 0 Å². The highest BCUT2D eigenvalue weighted by molar-refractivity contribution is 5.73. The molecule has 2 atom stereocenters. The molecule has 2 N–H and O–H groups in total. The molecule has 2 unspecified atom stereocenters. The van der Waals surface area contributed by atoms with E-state index < -0.39 is 5.97 Å². The fourth-order valence-electron chi connectivity index (χ4n) is 1.79. The molecule has 70 valence electrons. The van der Waals surface area contributed by atoms with Crippen LogP contribution in [0, 0.1) is 0 Å². The molecule has 1 heterocycles. The molecule has 0 bridgehead atoms. The van der Waals surface area contributed by atoms with Gasteiger partial charge in [0.05, 0.1) is 0 Å². The standard InChI is InChI=1S/C9H17NO2/c1-2-4-7-5-3-6-8(10-7)9(11)12/h7-8,10H,2-6H2,1H3,(H,11,12). The molecule has 0 spiro atoms. The van der Waals surface area contributed by atoms with Crippen LogP contribution in [0.5, 0.6) is 0 Å². The Morgan fingerprint density at radius 2 is 2.33 bits per heavy atom. The van der Waals surface area contributed by atoms with Gasteiger partial charge in [-0.15, -0.1) is 0 Å². The molecule has 1 aliphatic heterocycles. The van der Waals surface area contributed by atoms with Crippen LogP contribution in [0.3, 0.4) is 0 Å². The summed E-state index contributed by atoms with van der Waals surface area (Å²) in [4.78, 5) is 10.6. The van der Waals surface area contributed by atoms with E-state index in [9.17, 15) is 4.79 Å². The topological polar surface area (TPSA) is 49.3 Å². The molecule has 0 aliphatic carbocycles. The van der Waals surface area contributed by atoms with Gasteiger partial charge in [-0.05, 0) is 25.7 Å². The van der Waals surface area contributed by atoms with E-state index in [0.29, 0.717) is 6.04 Å². The monoisotopic (exact) mass is 171 g/mol. The Labute approximate surface area is 73.2 Å². The number of piperidine rings is 1. The maximum Gasteiger partial charge on any atom is 0.320 e. The van der Waals surface area contributed by atoms with Gasteiger partial charge < -0.3 is 10.4 Å². The summed E-state index contributed by atoms with van der Waals surface area (Å²) in [6.07, 6.45) is 5.20. The molecule has 12 heavy (non-hydrogen) atoms. The fourth-order valence-corrected chi connectivity index (χ4v) is 1.79.